The summed E-state index contributed by atoms with van der Waals surface area (Å²) in [7, 11) is -3.47. The lowest BCUT2D eigenvalue weighted by atomic mass is 10.3. The van der Waals surface area contributed by atoms with Gasteiger partial charge >= 0.3 is 0 Å². The van der Waals surface area contributed by atoms with E-state index < -0.39 is 10.0 Å². The lowest BCUT2D eigenvalue weighted by Gasteiger charge is -2.19. The Hall–Kier alpha value is -0.110. The van der Waals surface area contributed by atoms with Crippen LogP contribution >= 0.6 is 31.9 Å². The van der Waals surface area contributed by atoms with Crippen molar-refractivity contribution in [2.45, 2.75) is 18.7 Å². The number of nitrogens with zero attached hydrogens (tertiary/aromatic N) is 1. The number of anilines is 1. The number of halogens is 2. The molecule has 17 heavy (non-hydrogen) atoms. The van der Waals surface area contributed by atoms with E-state index in [1.165, 1.54) is 10.4 Å². The van der Waals surface area contributed by atoms with Crippen molar-refractivity contribution < 1.29 is 8.42 Å². The number of nitrogens with two attached hydrogens (primary N) is 1. The number of benzene rings is 1. The molecule has 0 saturated carbocycles. The molecule has 0 heterocycles. The molecule has 0 bridgehead atoms. The van der Waals surface area contributed by atoms with E-state index in [-0.39, 0.29) is 4.90 Å². The first-order valence-electron chi connectivity index (χ1n) is 5.09. The van der Waals surface area contributed by atoms with Crippen LogP contribution in [-0.2, 0) is 10.0 Å². The van der Waals surface area contributed by atoms with Crippen LogP contribution in [0.5, 0.6) is 0 Å². The van der Waals surface area contributed by atoms with Crippen LogP contribution in [0.25, 0.3) is 0 Å². The summed E-state index contributed by atoms with van der Waals surface area (Å²) in [5.74, 6) is 0. The molecule has 1 rings (SSSR count). The fraction of sp³-hybridized carbons (Fsp3) is 0.400. The Morgan fingerprint density at radius 1 is 1.18 bits per heavy atom. The van der Waals surface area contributed by atoms with E-state index >= 15 is 0 Å². The molecule has 0 atom stereocenters. The zero-order valence-electron chi connectivity index (χ0n) is 9.57. The van der Waals surface area contributed by atoms with Gasteiger partial charge in [0.25, 0.3) is 0 Å². The summed E-state index contributed by atoms with van der Waals surface area (Å²) in [5.41, 5.74) is 6.18. The molecule has 0 amide bonds. The number of nitrogen functional groups attached to an aromatic ring is 1. The Labute approximate surface area is 118 Å². The van der Waals surface area contributed by atoms with Gasteiger partial charge in [0.2, 0.25) is 10.0 Å². The Bertz CT molecular complexity index is 513. The highest BCUT2D eigenvalue weighted by molar-refractivity contribution is 9.11. The van der Waals surface area contributed by atoms with E-state index in [9.17, 15) is 8.42 Å². The van der Waals surface area contributed by atoms with Crippen LogP contribution in [0.1, 0.15) is 13.8 Å². The average Bonchev–Trinajstić information content (AvgIpc) is 2.24. The number of sulfonamides is 1. The summed E-state index contributed by atoms with van der Waals surface area (Å²) in [4.78, 5) is 0.224. The van der Waals surface area contributed by atoms with Gasteiger partial charge in [-0.1, -0.05) is 13.8 Å². The summed E-state index contributed by atoms with van der Waals surface area (Å²) in [5, 5.41) is 0. The molecule has 0 unspecified atom stereocenters. The fourth-order valence-corrected chi connectivity index (χ4v) is 4.44. The molecule has 0 radical (unpaired) electrons. The second-order valence-corrected chi connectivity index (χ2v) is 7.01. The van der Waals surface area contributed by atoms with E-state index in [0.29, 0.717) is 27.7 Å². The Morgan fingerprint density at radius 2 is 1.71 bits per heavy atom. The van der Waals surface area contributed by atoms with Gasteiger partial charge in [0.15, 0.2) is 0 Å². The first kappa shape index (κ1) is 14.9. The summed E-state index contributed by atoms with van der Waals surface area (Å²) in [6, 6.07) is 3.10. The van der Waals surface area contributed by atoms with Crippen molar-refractivity contribution in [1.29, 1.82) is 0 Å². The molecule has 7 heteroatoms. The molecule has 0 aliphatic heterocycles. The van der Waals surface area contributed by atoms with Crippen molar-refractivity contribution in [3.05, 3.63) is 21.1 Å². The topological polar surface area (TPSA) is 63.4 Å². The molecule has 0 spiro atoms. The van der Waals surface area contributed by atoms with E-state index in [4.69, 9.17) is 5.73 Å². The standard InChI is InChI=1S/C10H14Br2N2O2S/c1-3-14(4-2)17(15,16)10-6-7(11)9(13)5-8(10)12/h5-6H,3-4,13H2,1-2H3. The SMILES string of the molecule is CCN(CC)S(=O)(=O)c1cc(Br)c(N)cc1Br. The molecule has 0 fully saturated rings. The molecule has 4 nitrogen and oxygen atoms in total. The predicted molar refractivity (Wildman–Crippen MR) is 76.4 cm³/mol. The minimum Gasteiger partial charge on any atom is -0.398 e. The smallest absolute Gasteiger partial charge is 0.244 e. The highest BCUT2D eigenvalue weighted by Crippen LogP contribution is 2.32. The van der Waals surface area contributed by atoms with Crippen molar-refractivity contribution in [3.63, 3.8) is 0 Å². The lowest BCUT2D eigenvalue weighted by molar-refractivity contribution is 0.445. The van der Waals surface area contributed by atoms with Crippen LogP contribution in [0, 0.1) is 0 Å². The Balaban J connectivity index is 3.38. The zero-order chi connectivity index (χ0) is 13.2. The molecule has 0 aliphatic carbocycles. The normalized spacial score (nSPS) is 12.1. The third kappa shape index (κ3) is 3.01. The summed E-state index contributed by atoms with van der Waals surface area (Å²) < 4.78 is 27.1. The van der Waals surface area contributed by atoms with E-state index in [1.54, 1.807) is 19.9 Å². The van der Waals surface area contributed by atoms with Gasteiger partial charge in [-0.25, -0.2) is 8.42 Å². The number of rotatable bonds is 4. The lowest BCUT2D eigenvalue weighted by Crippen LogP contribution is -2.30. The second kappa shape index (κ2) is 5.69. The molecule has 0 aromatic heterocycles. The van der Waals surface area contributed by atoms with E-state index in [0.717, 1.165) is 0 Å². The van der Waals surface area contributed by atoms with Gasteiger partial charge in [0.1, 0.15) is 0 Å². The Morgan fingerprint density at radius 3 is 2.18 bits per heavy atom. The van der Waals surface area contributed by atoms with Crippen molar-refractivity contribution in [3.8, 4) is 0 Å². The van der Waals surface area contributed by atoms with Gasteiger partial charge in [-0.2, -0.15) is 4.31 Å². The van der Waals surface area contributed by atoms with Crippen LogP contribution in [-0.4, -0.2) is 25.8 Å². The minimum atomic E-state index is -3.47. The summed E-state index contributed by atoms with van der Waals surface area (Å²) in [6.07, 6.45) is 0. The highest BCUT2D eigenvalue weighted by Gasteiger charge is 2.24. The molecule has 1 aromatic carbocycles. The molecule has 0 saturated heterocycles. The molecule has 1 aromatic rings. The molecule has 0 aliphatic rings. The van der Waals surface area contributed by atoms with Crippen molar-refractivity contribution in [1.82, 2.24) is 4.31 Å². The summed E-state index contributed by atoms with van der Waals surface area (Å²) in [6.45, 7) is 4.49. The maximum Gasteiger partial charge on any atom is 0.244 e. The fourth-order valence-electron chi connectivity index (χ4n) is 1.44. The van der Waals surface area contributed by atoms with E-state index in [2.05, 4.69) is 31.9 Å². The first-order chi connectivity index (χ1) is 7.84. The number of hydrogen-bond donors (Lipinski definition) is 1. The largest absolute Gasteiger partial charge is 0.398 e. The first-order valence-corrected chi connectivity index (χ1v) is 8.11. The van der Waals surface area contributed by atoms with Crippen LogP contribution in [0.15, 0.2) is 26.0 Å². The van der Waals surface area contributed by atoms with Crippen LogP contribution < -0.4 is 5.73 Å². The Kier molecular flexibility index (Phi) is 5.00. The van der Waals surface area contributed by atoms with Crippen LogP contribution in [0.4, 0.5) is 5.69 Å². The monoisotopic (exact) mass is 384 g/mol. The molecule has 2 N–H and O–H groups in total. The third-order valence-electron chi connectivity index (χ3n) is 2.37. The molecule has 96 valence electrons. The van der Waals surface area contributed by atoms with Gasteiger partial charge in [-0.3, -0.25) is 0 Å². The average molecular weight is 386 g/mol. The van der Waals surface area contributed by atoms with Gasteiger partial charge in [-0.15, -0.1) is 0 Å². The van der Waals surface area contributed by atoms with Crippen LogP contribution in [0.3, 0.4) is 0 Å². The van der Waals surface area contributed by atoms with Crippen molar-refractivity contribution in [2.24, 2.45) is 0 Å². The van der Waals surface area contributed by atoms with Gasteiger partial charge in [0, 0.05) is 27.7 Å². The van der Waals surface area contributed by atoms with Gasteiger partial charge in [0.05, 0.1) is 4.90 Å². The quantitative estimate of drug-likeness (QED) is 0.810. The van der Waals surface area contributed by atoms with Gasteiger partial charge < -0.3 is 5.73 Å². The maximum atomic E-state index is 12.3. The third-order valence-corrected chi connectivity index (χ3v) is 6.07. The number of hydrogen-bond acceptors (Lipinski definition) is 3. The van der Waals surface area contributed by atoms with Crippen LogP contribution in [0.2, 0.25) is 0 Å². The van der Waals surface area contributed by atoms with E-state index in [1.807, 2.05) is 0 Å². The maximum absolute atomic E-state index is 12.3. The second-order valence-electron chi connectivity index (χ2n) is 3.39. The van der Waals surface area contributed by atoms with Crippen molar-refractivity contribution in [2.75, 3.05) is 18.8 Å². The zero-order valence-corrected chi connectivity index (χ0v) is 13.6. The van der Waals surface area contributed by atoms with Gasteiger partial charge in [-0.05, 0) is 44.0 Å². The molecular weight excluding hydrogens is 372 g/mol. The predicted octanol–water partition coefficient (Wildman–Crippen LogP) is 2.82. The molecular formula is C10H14Br2N2O2S. The summed E-state index contributed by atoms with van der Waals surface area (Å²) >= 11 is 6.47. The van der Waals surface area contributed by atoms with Crippen molar-refractivity contribution >= 4 is 47.6 Å². The highest BCUT2D eigenvalue weighted by atomic mass is 79.9. The minimum absolute atomic E-state index is 0.224.